The zero-order chi connectivity index (χ0) is 18.6. The number of amides is 2. The van der Waals surface area contributed by atoms with E-state index < -0.39 is 0 Å². The van der Waals surface area contributed by atoms with Crippen LogP contribution < -0.4 is 5.32 Å². The molecule has 1 aromatic rings. The molecule has 0 radical (unpaired) electrons. The molecule has 1 atom stereocenters. The summed E-state index contributed by atoms with van der Waals surface area (Å²) < 4.78 is 0. The van der Waals surface area contributed by atoms with Crippen molar-refractivity contribution >= 4 is 35.0 Å². The number of hydrogen-bond donors (Lipinski definition) is 1. The number of aryl methyl sites for hydroxylation is 1. The van der Waals surface area contributed by atoms with Gasteiger partial charge >= 0.3 is 0 Å². The van der Waals surface area contributed by atoms with Crippen LogP contribution in [-0.4, -0.2) is 55.3 Å². The molecule has 1 aliphatic heterocycles. The number of likely N-dealkylation sites (N-methyl/N-ethyl adjacent to an activating group) is 1. The summed E-state index contributed by atoms with van der Waals surface area (Å²) in [5.41, 5.74) is 1.82. The number of rotatable bonds is 6. The van der Waals surface area contributed by atoms with Gasteiger partial charge in [-0.3, -0.25) is 9.59 Å². The molecule has 0 bridgehead atoms. The summed E-state index contributed by atoms with van der Waals surface area (Å²) in [5.74, 6) is -0.0819. The number of carbonyl (C=O) groups excluding carboxylic acids is 2. The first-order chi connectivity index (χ1) is 11.8. The monoisotopic (exact) mass is 385 g/mol. The highest BCUT2D eigenvalue weighted by atomic mass is 35.5. The van der Waals surface area contributed by atoms with Gasteiger partial charge in [-0.1, -0.05) is 23.2 Å². The molecule has 0 aromatic heterocycles. The minimum absolute atomic E-state index is 0.0345. The van der Waals surface area contributed by atoms with E-state index in [1.165, 1.54) is 0 Å². The Kier molecular flexibility index (Phi) is 7.11. The minimum Gasteiger partial charge on any atom is -0.352 e. The van der Waals surface area contributed by atoms with Crippen LogP contribution >= 0.6 is 23.2 Å². The SMILES string of the molecule is Cc1cc(Cl)cc(Cl)c1CNC(=O)[C@H]1CCC(=O)N(CCN(C)C)C1. The van der Waals surface area contributed by atoms with Gasteiger partial charge in [0.2, 0.25) is 11.8 Å². The maximum atomic E-state index is 12.5. The molecule has 138 valence electrons. The molecule has 0 unspecified atom stereocenters. The molecule has 0 spiro atoms. The fourth-order valence-electron chi connectivity index (χ4n) is 2.94. The lowest BCUT2D eigenvalue weighted by Crippen LogP contribution is -2.47. The van der Waals surface area contributed by atoms with Crippen LogP contribution in [-0.2, 0) is 16.1 Å². The quantitative estimate of drug-likeness (QED) is 0.818. The average Bonchev–Trinajstić information content (AvgIpc) is 2.52. The predicted molar refractivity (Wildman–Crippen MR) is 101 cm³/mol. The van der Waals surface area contributed by atoms with E-state index in [1.807, 2.05) is 32.0 Å². The van der Waals surface area contributed by atoms with Crippen LogP contribution in [0.25, 0.3) is 0 Å². The van der Waals surface area contributed by atoms with Crippen molar-refractivity contribution in [3.8, 4) is 0 Å². The fraction of sp³-hybridized carbons (Fsp3) is 0.556. The summed E-state index contributed by atoms with van der Waals surface area (Å²) in [6.07, 6.45) is 1.02. The standard InChI is InChI=1S/C18H25Cl2N3O2/c1-12-8-14(19)9-16(20)15(12)10-21-18(25)13-4-5-17(24)23(11-13)7-6-22(2)3/h8-9,13H,4-7,10-11H2,1-3H3,(H,21,25)/t13-/m0/s1. The molecule has 5 nitrogen and oxygen atoms in total. The van der Waals surface area contributed by atoms with Crippen LogP contribution in [0, 0.1) is 12.8 Å². The Hall–Kier alpha value is -1.30. The van der Waals surface area contributed by atoms with E-state index in [9.17, 15) is 9.59 Å². The van der Waals surface area contributed by atoms with Gasteiger partial charge in [-0.25, -0.2) is 0 Å². The average molecular weight is 386 g/mol. The Bertz CT molecular complexity index is 626. The third kappa shape index (κ3) is 5.59. The van der Waals surface area contributed by atoms with Crippen LogP contribution in [0.2, 0.25) is 10.0 Å². The lowest BCUT2D eigenvalue weighted by molar-refractivity contribution is -0.138. The molecule has 1 aromatic carbocycles. The first-order valence-electron chi connectivity index (χ1n) is 8.42. The molecule has 1 heterocycles. The van der Waals surface area contributed by atoms with Gasteiger partial charge in [0.25, 0.3) is 0 Å². The Morgan fingerprint density at radius 1 is 1.36 bits per heavy atom. The highest BCUT2D eigenvalue weighted by Gasteiger charge is 2.30. The highest BCUT2D eigenvalue weighted by molar-refractivity contribution is 6.35. The first-order valence-corrected chi connectivity index (χ1v) is 9.18. The molecular weight excluding hydrogens is 361 g/mol. The largest absolute Gasteiger partial charge is 0.352 e. The van der Waals surface area contributed by atoms with Gasteiger partial charge in [-0.15, -0.1) is 0 Å². The number of piperidine rings is 1. The van der Waals surface area contributed by atoms with E-state index in [2.05, 4.69) is 5.32 Å². The smallest absolute Gasteiger partial charge is 0.225 e. The maximum absolute atomic E-state index is 12.5. The molecule has 25 heavy (non-hydrogen) atoms. The van der Waals surface area contributed by atoms with E-state index in [0.717, 1.165) is 17.7 Å². The molecule has 0 saturated carbocycles. The molecule has 1 saturated heterocycles. The van der Waals surface area contributed by atoms with E-state index in [1.54, 1.807) is 11.0 Å². The van der Waals surface area contributed by atoms with Gasteiger partial charge in [-0.05, 0) is 50.7 Å². The third-order valence-corrected chi connectivity index (χ3v) is 5.07. The summed E-state index contributed by atoms with van der Waals surface area (Å²) in [5, 5.41) is 4.09. The minimum atomic E-state index is -0.175. The van der Waals surface area contributed by atoms with Crippen molar-refractivity contribution in [3.63, 3.8) is 0 Å². The number of nitrogens with one attached hydrogen (secondary N) is 1. The van der Waals surface area contributed by atoms with Crippen LogP contribution in [0.3, 0.4) is 0 Å². The van der Waals surface area contributed by atoms with Crippen molar-refractivity contribution < 1.29 is 9.59 Å². The predicted octanol–water partition coefficient (Wildman–Crippen LogP) is 2.72. The topological polar surface area (TPSA) is 52.7 Å². The Morgan fingerprint density at radius 3 is 2.72 bits per heavy atom. The molecule has 0 aliphatic carbocycles. The highest BCUT2D eigenvalue weighted by Crippen LogP contribution is 2.25. The van der Waals surface area contributed by atoms with E-state index in [0.29, 0.717) is 42.5 Å². The Morgan fingerprint density at radius 2 is 2.08 bits per heavy atom. The van der Waals surface area contributed by atoms with Gasteiger partial charge in [0.05, 0.1) is 5.92 Å². The van der Waals surface area contributed by atoms with Crippen LogP contribution in [0.1, 0.15) is 24.0 Å². The lowest BCUT2D eigenvalue weighted by atomic mass is 9.96. The van der Waals surface area contributed by atoms with Gasteiger partial charge in [0, 0.05) is 42.6 Å². The summed E-state index contributed by atoms with van der Waals surface area (Å²) in [4.78, 5) is 28.4. The number of halogens is 2. The zero-order valence-corrected chi connectivity index (χ0v) is 16.5. The van der Waals surface area contributed by atoms with E-state index in [4.69, 9.17) is 23.2 Å². The molecule has 7 heteroatoms. The summed E-state index contributed by atoms with van der Waals surface area (Å²) in [7, 11) is 3.94. The number of benzene rings is 1. The number of hydrogen-bond acceptors (Lipinski definition) is 3. The normalized spacial score (nSPS) is 17.9. The second-order valence-electron chi connectivity index (χ2n) is 6.78. The van der Waals surface area contributed by atoms with Crippen molar-refractivity contribution in [2.75, 3.05) is 33.7 Å². The van der Waals surface area contributed by atoms with Crippen LogP contribution in [0.15, 0.2) is 12.1 Å². The van der Waals surface area contributed by atoms with Crippen molar-refractivity contribution in [3.05, 3.63) is 33.3 Å². The number of likely N-dealkylation sites (tertiary alicyclic amines) is 1. The van der Waals surface area contributed by atoms with E-state index >= 15 is 0 Å². The second kappa shape index (κ2) is 8.88. The molecule has 1 aliphatic rings. The van der Waals surface area contributed by atoms with E-state index in [-0.39, 0.29) is 17.7 Å². The van der Waals surface area contributed by atoms with Gasteiger partial charge in [-0.2, -0.15) is 0 Å². The summed E-state index contributed by atoms with van der Waals surface area (Å²) in [6, 6.07) is 3.51. The molecular formula is C18H25Cl2N3O2. The number of nitrogens with zero attached hydrogens (tertiary/aromatic N) is 2. The van der Waals surface area contributed by atoms with Gasteiger partial charge in [0.15, 0.2) is 0 Å². The van der Waals surface area contributed by atoms with Crippen molar-refractivity contribution in [1.29, 1.82) is 0 Å². The third-order valence-electron chi connectivity index (χ3n) is 4.51. The first kappa shape index (κ1) is 20.0. The molecule has 1 fully saturated rings. The molecule has 1 N–H and O–H groups in total. The lowest BCUT2D eigenvalue weighted by Gasteiger charge is -2.32. The van der Waals surface area contributed by atoms with Crippen molar-refractivity contribution in [1.82, 2.24) is 15.1 Å². The maximum Gasteiger partial charge on any atom is 0.225 e. The van der Waals surface area contributed by atoms with Gasteiger partial charge < -0.3 is 15.1 Å². The second-order valence-corrected chi connectivity index (χ2v) is 7.62. The zero-order valence-electron chi connectivity index (χ0n) is 14.9. The van der Waals surface area contributed by atoms with Crippen LogP contribution in [0.4, 0.5) is 0 Å². The molecule has 2 amide bonds. The van der Waals surface area contributed by atoms with Gasteiger partial charge in [0.1, 0.15) is 0 Å². The Balaban J connectivity index is 1.93. The molecule has 2 rings (SSSR count). The number of carbonyl (C=O) groups is 2. The summed E-state index contributed by atoms with van der Waals surface area (Å²) >= 11 is 12.2. The fourth-order valence-corrected chi connectivity index (χ4v) is 3.60. The van der Waals surface area contributed by atoms with Crippen molar-refractivity contribution in [2.45, 2.75) is 26.3 Å². The van der Waals surface area contributed by atoms with Crippen LogP contribution in [0.5, 0.6) is 0 Å². The summed E-state index contributed by atoms with van der Waals surface area (Å²) in [6.45, 7) is 4.20. The Labute approximate surface area is 159 Å². The van der Waals surface area contributed by atoms with Crippen molar-refractivity contribution in [2.24, 2.45) is 5.92 Å².